The van der Waals surface area contributed by atoms with Gasteiger partial charge in [0.2, 0.25) is 0 Å². The second kappa shape index (κ2) is 9.35. The summed E-state index contributed by atoms with van der Waals surface area (Å²) in [4.78, 5) is 25.7. The van der Waals surface area contributed by atoms with Gasteiger partial charge in [0.1, 0.15) is 5.78 Å². The Balaban J connectivity index is 0.00000116. The summed E-state index contributed by atoms with van der Waals surface area (Å²) >= 11 is 1.50. The van der Waals surface area contributed by atoms with Crippen LogP contribution in [0.25, 0.3) is 0 Å². The molecular weight excluding hydrogens is 298 g/mol. The van der Waals surface area contributed by atoms with Crippen molar-refractivity contribution in [2.24, 2.45) is 0 Å². The summed E-state index contributed by atoms with van der Waals surface area (Å²) in [6.45, 7) is 7.04. The number of nitrogens with one attached hydrogen (secondary N) is 1. The van der Waals surface area contributed by atoms with Crippen LogP contribution in [0, 0.1) is 6.92 Å². The Morgan fingerprint density at radius 1 is 1.32 bits per heavy atom. The molecule has 0 atom stereocenters. The molecule has 1 aliphatic rings. The third kappa shape index (κ3) is 5.60. The molecule has 1 aliphatic heterocycles. The van der Waals surface area contributed by atoms with Gasteiger partial charge < -0.3 is 16.0 Å². The van der Waals surface area contributed by atoms with Crippen LogP contribution in [0.1, 0.15) is 32.3 Å². The highest BCUT2D eigenvalue weighted by molar-refractivity contribution is 7.99. The molecule has 0 saturated carbocycles. The highest BCUT2D eigenvalue weighted by atomic mass is 32.2. The maximum absolute atomic E-state index is 11.9. The van der Waals surface area contributed by atoms with Crippen molar-refractivity contribution in [3.05, 3.63) is 23.8 Å². The van der Waals surface area contributed by atoms with Gasteiger partial charge in [0.15, 0.2) is 0 Å². The van der Waals surface area contributed by atoms with Crippen molar-refractivity contribution in [1.82, 2.24) is 10.2 Å². The molecule has 1 aromatic rings. The Morgan fingerprint density at radius 3 is 2.59 bits per heavy atom. The van der Waals surface area contributed by atoms with Crippen LogP contribution in [0.5, 0.6) is 0 Å². The molecule has 1 aromatic carbocycles. The largest absolute Gasteiger partial charge is 0.398 e. The van der Waals surface area contributed by atoms with Crippen molar-refractivity contribution in [2.75, 3.05) is 24.7 Å². The summed E-state index contributed by atoms with van der Waals surface area (Å²) in [6.07, 6.45) is 0.927. The number of aryl methyl sites for hydroxylation is 1. The number of thioether (sulfide) groups is 1. The summed E-state index contributed by atoms with van der Waals surface area (Å²) in [6, 6.07) is 5.72. The van der Waals surface area contributed by atoms with E-state index in [0.717, 1.165) is 16.1 Å². The van der Waals surface area contributed by atoms with Crippen LogP contribution >= 0.6 is 11.8 Å². The number of likely N-dealkylation sites (tertiary alicyclic amines) is 1. The Bertz CT molecular complexity index is 510. The molecule has 1 heterocycles. The minimum atomic E-state index is -0.115. The number of ketones is 1. The minimum Gasteiger partial charge on any atom is -0.398 e. The quantitative estimate of drug-likeness (QED) is 0.509. The van der Waals surface area contributed by atoms with Crippen molar-refractivity contribution in [2.45, 2.75) is 38.5 Å². The van der Waals surface area contributed by atoms with Crippen molar-refractivity contribution < 1.29 is 9.59 Å². The Labute approximate surface area is 136 Å². The van der Waals surface area contributed by atoms with Gasteiger partial charge in [0, 0.05) is 36.5 Å². The third-order valence-corrected chi connectivity index (χ3v) is 4.18. The van der Waals surface area contributed by atoms with Crippen molar-refractivity contribution in [1.29, 1.82) is 0 Å². The first kappa shape index (κ1) is 18.4. The monoisotopic (exact) mass is 323 g/mol. The fourth-order valence-electron chi connectivity index (χ4n) is 2.01. The fourth-order valence-corrected chi connectivity index (χ4v) is 2.87. The highest BCUT2D eigenvalue weighted by Gasteiger charge is 2.20. The van der Waals surface area contributed by atoms with E-state index in [9.17, 15) is 9.59 Å². The normalized spacial score (nSPS) is 14.1. The third-order valence-electron chi connectivity index (χ3n) is 3.23. The van der Waals surface area contributed by atoms with Crippen LogP contribution in [0.15, 0.2) is 23.1 Å². The lowest BCUT2D eigenvalue weighted by Gasteiger charge is -2.26. The Kier molecular flexibility index (Phi) is 7.80. The number of nitrogen functional groups attached to an aromatic ring is 1. The van der Waals surface area contributed by atoms with Gasteiger partial charge in [-0.15, -0.1) is 11.8 Å². The van der Waals surface area contributed by atoms with Gasteiger partial charge in [-0.05, 0) is 24.6 Å². The van der Waals surface area contributed by atoms with E-state index >= 15 is 0 Å². The van der Waals surface area contributed by atoms with E-state index in [4.69, 9.17) is 5.73 Å². The summed E-state index contributed by atoms with van der Waals surface area (Å²) in [7, 11) is 0. The van der Waals surface area contributed by atoms with Crippen LogP contribution in [0.4, 0.5) is 10.5 Å². The molecule has 0 spiro atoms. The zero-order valence-electron chi connectivity index (χ0n) is 13.5. The maximum Gasteiger partial charge on any atom is 0.318 e. The van der Waals surface area contributed by atoms with E-state index in [2.05, 4.69) is 5.32 Å². The molecular formula is C16H25N3O2S. The van der Waals surface area contributed by atoms with Gasteiger partial charge in [-0.25, -0.2) is 4.79 Å². The fraction of sp³-hybridized carbons (Fsp3) is 0.500. The standard InChI is InChI=1S/C14H19N3O2S.C2H6/c1-10-2-3-12(15)13(8-10)20-9-16-14(19)17-6-4-11(18)5-7-17;1-2/h2-3,8H,4-7,9,15H2,1H3,(H,16,19);1-2H3. The van der Waals surface area contributed by atoms with E-state index in [0.29, 0.717) is 31.8 Å². The summed E-state index contributed by atoms with van der Waals surface area (Å²) in [5.74, 6) is 0.702. The molecule has 5 nitrogen and oxygen atoms in total. The second-order valence-electron chi connectivity index (χ2n) is 4.84. The van der Waals surface area contributed by atoms with Crippen LogP contribution < -0.4 is 11.1 Å². The number of anilines is 1. The summed E-state index contributed by atoms with van der Waals surface area (Å²) in [5.41, 5.74) is 7.74. The van der Waals surface area contributed by atoms with Crippen molar-refractivity contribution in [3.63, 3.8) is 0 Å². The molecule has 22 heavy (non-hydrogen) atoms. The Morgan fingerprint density at radius 2 is 1.95 bits per heavy atom. The molecule has 0 bridgehead atoms. The molecule has 3 N–H and O–H groups in total. The average Bonchev–Trinajstić information content (AvgIpc) is 2.53. The van der Waals surface area contributed by atoms with E-state index in [-0.39, 0.29) is 11.8 Å². The van der Waals surface area contributed by atoms with Gasteiger partial charge in [0.25, 0.3) is 0 Å². The topological polar surface area (TPSA) is 75.4 Å². The number of rotatable bonds is 3. The number of carbonyl (C=O) groups excluding carboxylic acids is 2. The van der Waals surface area contributed by atoms with Gasteiger partial charge >= 0.3 is 6.03 Å². The second-order valence-corrected chi connectivity index (χ2v) is 5.85. The number of Topliss-reactive ketones (excluding diaryl/α,β-unsaturated/α-hetero) is 1. The van der Waals surface area contributed by atoms with Gasteiger partial charge in [-0.3, -0.25) is 4.79 Å². The molecule has 6 heteroatoms. The smallest absolute Gasteiger partial charge is 0.318 e. The predicted octanol–water partition coefficient (Wildman–Crippen LogP) is 3.03. The van der Waals surface area contributed by atoms with Gasteiger partial charge in [-0.1, -0.05) is 19.9 Å². The Hall–Kier alpha value is -1.69. The molecule has 0 aliphatic carbocycles. The number of benzene rings is 1. The SMILES string of the molecule is CC.Cc1ccc(N)c(SCNC(=O)N2CCC(=O)CC2)c1. The number of nitrogens with two attached hydrogens (primary N) is 1. The zero-order chi connectivity index (χ0) is 16.5. The number of nitrogens with zero attached hydrogens (tertiary/aromatic N) is 1. The van der Waals surface area contributed by atoms with E-state index in [1.54, 1.807) is 4.90 Å². The molecule has 1 saturated heterocycles. The molecule has 0 aromatic heterocycles. The number of hydrogen-bond acceptors (Lipinski definition) is 4. The number of piperidine rings is 1. The molecule has 2 amide bonds. The van der Waals surface area contributed by atoms with Crippen LogP contribution in [-0.4, -0.2) is 35.7 Å². The average molecular weight is 323 g/mol. The predicted molar refractivity (Wildman–Crippen MR) is 92.0 cm³/mol. The number of hydrogen-bond donors (Lipinski definition) is 2. The lowest BCUT2D eigenvalue weighted by molar-refractivity contribution is -0.120. The zero-order valence-corrected chi connectivity index (χ0v) is 14.3. The summed E-state index contributed by atoms with van der Waals surface area (Å²) < 4.78 is 0. The van der Waals surface area contributed by atoms with Crippen molar-refractivity contribution in [3.8, 4) is 0 Å². The van der Waals surface area contributed by atoms with E-state index < -0.39 is 0 Å². The van der Waals surface area contributed by atoms with Crippen molar-refractivity contribution >= 4 is 29.3 Å². The van der Waals surface area contributed by atoms with Crippen LogP contribution in [-0.2, 0) is 4.79 Å². The first-order valence-corrected chi connectivity index (χ1v) is 8.58. The molecule has 0 unspecified atom stereocenters. The lowest BCUT2D eigenvalue weighted by atomic mass is 10.1. The van der Waals surface area contributed by atoms with Gasteiger partial charge in [0.05, 0.1) is 5.88 Å². The van der Waals surface area contributed by atoms with Crippen LogP contribution in [0.3, 0.4) is 0 Å². The first-order valence-electron chi connectivity index (χ1n) is 7.59. The molecule has 122 valence electrons. The highest BCUT2D eigenvalue weighted by Crippen LogP contribution is 2.25. The molecule has 2 rings (SSSR count). The first-order chi connectivity index (χ1) is 10.6. The number of urea groups is 1. The number of carbonyl (C=O) groups is 2. The van der Waals surface area contributed by atoms with E-state index in [1.807, 2.05) is 39.0 Å². The number of amides is 2. The van der Waals surface area contributed by atoms with Crippen LogP contribution in [0.2, 0.25) is 0 Å². The summed E-state index contributed by atoms with van der Waals surface area (Å²) in [5, 5.41) is 2.85. The molecule has 1 fully saturated rings. The maximum atomic E-state index is 11.9. The molecule has 0 radical (unpaired) electrons. The minimum absolute atomic E-state index is 0.115. The van der Waals surface area contributed by atoms with Gasteiger partial charge in [-0.2, -0.15) is 0 Å². The lowest BCUT2D eigenvalue weighted by Crippen LogP contribution is -2.44. The van der Waals surface area contributed by atoms with E-state index in [1.165, 1.54) is 11.8 Å².